The van der Waals surface area contributed by atoms with Gasteiger partial charge in [0.15, 0.2) is 5.16 Å². The molecule has 3 nitrogen and oxygen atoms in total. The van der Waals surface area contributed by atoms with E-state index >= 15 is 0 Å². The monoisotopic (exact) mass is 183 g/mol. The summed E-state index contributed by atoms with van der Waals surface area (Å²) in [6.45, 7) is 2.63. The Morgan fingerprint density at radius 2 is 2.42 bits per heavy atom. The fraction of sp³-hybridized carbons (Fsp3) is 0.500. The van der Waals surface area contributed by atoms with Gasteiger partial charge in [-0.15, -0.1) is 0 Å². The molecular formula is C8H13N3S. The van der Waals surface area contributed by atoms with Gasteiger partial charge in [-0.05, 0) is 12.5 Å². The fourth-order valence-corrected chi connectivity index (χ4v) is 1.46. The molecule has 0 amide bonds. The van der Waals surface area contributed by atoms with Gasteiger partial charge in [0.1, 0.15) is 0 Å². The van der Waals surface area contributed by atoms with Gasteiger partial charge < -0.3 is 5.73 Å². The fourth-order valence-electron chi connectivity index (χ4n) is 0.753. The summed E-state index contributed by atoms with van der Waals surface area (Å²) >= 11 is 1.67. The highest BCUT2D eigenvalue weighted by molar-refractivity contribution is 7.99. The van der Waals surface area contributed by atoms with Crippen LogP contribution in [0.5, 0.6) is 0 Å². The first-order valence-corrected chi connectivity index (χ1v) is 5.00. The largest absolute Gasteiger partial charge is 0.325 e. The van der Waals surface area contributed by atoms with Crippen LogP contribution >= 0.6 is 11.8 Å². The van der Waals surface area contributed by atoms with Crippen molar-refractivity contribution in [3.63, 3.8) is 0 Å². The lowest BCUT2D eigenvalue weighted by Crippen LogP contribution is -2.00. The predicted molar refractivity (Wildman–Crippen MR) is 50.9 cm³/mol. The molecule has 0 aliphatic carbocycles. The van der Waals surface area contributed by atoms with Crippen LogP contribution in [0.1, 0.15) is 19.0 Å². The maximum absolute atomic E-state index is 5.45. The molecule has 0 bridgehead atoms. The van der Waals surface area contributed by atoms with Crippen LogP contribution < -0.4 is 5.73 Å². The van der Waals surface area contributed by atoms with Crippen LogP contribution in [0, 0.1) is 0 Å². The number of aromatic nitrogens is 2. The first-order chi connectivity index (χ1) is 5.86. The van der Waals surface area contributed by atoms with Crippen LogP contribution in [0.3, 0.4) is 0 Å². The van der Waals surface area contributed by atoms with E-state index in [4.69, 9.17) is 5.73 Å². The number of nitrogens with two attached hydrogens (primary N) is 1. The van der Waals surface area contributed by atoms with Crippen LogP contribution in [0.15, 0.2) is 17.4 Å². The van der Waals surface area contributed by atoms with E-state index in [9.17, 15) is 0 Å². The van der Waals surface area contributed by atoms with Gasteiger partial charge in [-0.3, -0.25) is 0 Å². The molecule has 4 heteroatoms. The second kappa shape index (κ2) is 5.11. The summed E-state index contributed by atoms with van der Waals surface area (Å²) in [5.41, 5.74) is 6.35. The number of nitrogens with zero attached hydrogens (tertiary/aromatic N) is 2. The molecule has 0 saturated heterocycles. The van der Waals surface area contributed by atoms with Crippen molar-refractivity contribution in [2.24, 2.45) is 5.73 Å². The Hall–Kier alpha value is -0.610. The van der Waals surface area contributed by atoms with E-state index in [1.54, 1.807) is 18.0 Å². The third-order valence-corrected chi connectivity index (χ3v) is 2.40. The molecule has 0 saturated carbocycles. The molecule has 1 aromatic rings. The van der Waals surface area contributed by atoms with Crippen LogP contribution in [0.25, 0.3) is 0 Å². The van der Waals surface area contributed by atoms with Gasteiger partial charge in [0.25, 0.3) is 0 Å². The number of rotatable bonds is 4. The smallest absolute Gasteiger partial charge is 0.187 e. The molecule has 1 aromatic heterocycles. The summed E-state index contributed by atoms with van der Waals surface area (Å²) < 4.78 is 0. The van der Waals surface area contributed by atoms with Crippen molar-refractivity contribution < 1.29 is 0 Å². The zero-order valence-corrected chi connectivity index (χ0v) is 7.97. The van der Waals surface area contributed by atoms with Gasteiger partial charge in [0.2, 0.25) is 0 Å². The van der Waals surface area contributed by atoms with Crippen molar-refractivity contribution in [3.8, 4) is 0 Å². The van der Waals surface area contributed by atoms with Gasteiger partial charge in [-0.2, -0.15) is 0 Å². The minimum Gasteiger partial charge on any atom is -0.325 e. The van der Waals surface area contributed by atoms with E-state index in [2.05, 4.69) is 16.9 Å². The highest BCUT2D eigenvalue weighted by Crippen LogP contribution is 2.12. The second-order valence-corrected chi connectivity index (χ2v) is 3.45. The van der Waals surface area contributed by atoms with E-state index in [1.165, 1.54) is 0 Å². The Morgan fingerprint density at radius 3 is 3.08 bits per heavy atom. The molecule has 1 rings (SSSR count). The number of hydrogen-bond donors (Lipinski definition) is 1. The van der Waals surface area contributed by atoms with Crippen LogP contribution in [0.4, 0.5) is 0 Å². The van der Waals surface area contributed by atoms with E-state index in [1.807, 2.05) is 6.07 Å². The molecule has 66 valence electrons. The van der Waals surface area contributed by atoms with Crippen molar-refractivity contribution in [2.45, 2.75) is 25.0 Å². The molecular weight excluding hydrogens is 170 g/mol. The molecule has 0 spiro atoms. The summed E-state index contributed by atoms with van der Waals surface area (Å²) in [5, 5.41) is 0.833. The zero-order chi connectivity index (χ0) is 8.81. The molecule has 0 fully saturated rings. The average Bonchev–Trinajstić information content (AvgIpc) is 2.15. The molecule has 1 heterocycles. The third kappa shape index (κ3) is 2.79. The summed E-state index contributed by atoms with van der Waals surface area (Å²) in [6.07, 6.45) is 2.90. The number of hydrogen-bond acceptors (Lipinski definition) is 4. The Balaban J connectivity index is 2.60. The minimum atomic E-state index is 0.488. The average molecular weight is 183 g/mol. The van der Waals surface area contributed by atoms with E-state index in [0.29, 0.717) is 6.54 Å². The van der Waals surface area contributed by atoms with E-state index in [0.717, 1.165) is 23.0 Å². The normalized spacial score (nSPS) is 10.2. The molecule has 2 N–H and O–H groups in total. The quantitative estimate of drug-likeness (QED) is 0.567. The Bertz CT molecular complexity index is 239. The van der Waals surface area contributed by atoms with E-state index < -0.39 is 0 Å². The van der Waals surface area contributed by atoms with Gasteiger partial charge in [0, 0.05) is 18.5 Å². The zero-order valence-electron chi connectivity index (χ0n) is 7.16. The molecule has 12 heavy (non-hydrogen) atoms. The Kier molecular flexibility index (Phi) is 4.04. The van der Waals surface area contributed by atoms with Crippen molar-refractivity contribution in [1.29, 1.82) is 0 Å². The lowest BCUT2D eigenvalue weighted by Gasteiger charge is -1.99. The van der Waals surface area contributed by atoms with E-state index in [-0.39, 0.29) is 0 Å². The highest BCUT2D eigenvalue weighted by Gasteiger charge is 1.96. The molecule has 0 aromatic carbocycles. The first-order valence-electron chi connectivity index (χ1n) is 4.01. The second-order valence-electron chi connectivity index (χ2n) is 2.38. The van der Waals surface area contributed by atoms with Crippen molar-refractivity contribution >= 4 is 11.8 Å². The third-order valence-electron chi connectivity index (χ3n) is 1.34. The summed E-state index contributed by atoms with van der Waals surface area (Å²) in [5.74, 6) is 1.06. The van der Waals surface area contributed by atoms with Crippen LogP contribution in [-0.2, 0) is 6.54 Å². The molecule has 0 unspecified atom stereocenters. The summed E-state index contributed by atoms with van der Waals surface area (Å²) in [7, 11) is 0. The summed E-state index contributed by atoms with van der Waals surface area (Å²) in [6, 6.07) is 1.84. The predicted octanol–water partition coefficient (Wildman–Crippen LogP) is 1.44. The molecule has 0 aliphatic rings. The van der Waals surface area contributed by atoms with Gasteiger partial charge in [0.05, 0.1) is 5.69 Å². The highest BCUT2D eigenvalue weighted by atomic mass is 32.2. The minimum absolute atomic E-state index is 0.488. The SMILES string of the molecule is CCCSc1nccc(CN)n1. The van der Waals surface area contributed by atoms with Gasteiger partial charge in [-0.25, -0.2) is 9.97 Å². The maximum Gasteiger partial charge on any atom is 0.187 e. The van der Waals surface area contributed by atoms with Gasteiger partial charge >= 0.3 is 0 Å². The standard InChI is InChI=1S/C8H13N3S/c1-2-5-12-8-10-4-3-7(6-9)11-8/h3-4H,2,5-6,9H2,1H3. The van der Waals surface area contributed by atoms with Crippen molar-refractivity contribution in [2.75, 3.05) is 5.75 Å². The van der Waals surface area contributed by atoms with Crippen LogP contribution in [-0.4, -0.2) is 15.7 Å². The lowest BCUT2D eigenvalue weighted by atomic mass is 10.4. The Labute approximate surface area is 76.8 Å². The number of thioether (sulfide) groups is 1. The topological polar surface area (TPSA) is 51.8 Å². The maximum atomic E-state index is 5.45. The summed E-state index contributed by atoms with van der Waals surface area (Å²) in [4.78, 5) is 8.38. The van der Waals surface area contributed by atoms with Crippen LogP contribution in [0.2, 0.25) is 0 Å². The molecule has 0 aliphatic heterocycles. The van der Waals surface area contributed by atoms with Gasteiger partial charge in [-0.1, -0.05) is 18.7 Å². The Morgan fingerprint density at radius 1 is 1.58 bits per heavy atom. The first kappa shape index (κ1) is 9.48. The molecule has 0 atom stereocenters. The van der Waals surface area contributed by atoms with Crippen molar-refractivity contribution in [3.05, 3.63) is 18.0 Å². The molecule has 0 radical (unpaired) electrons. The lowest BCUT2D eigenvalue weighted by molar-refractivity contribution is 0.873. The van der Waals surface area contributed by atoms with Crippen molar-refractivity contribution in [1.82, 2.24) is 9.97 Å².